The molecule has 1 rings (SSSR count). The van der Waals surface area contributed by atoms with Crippen molar-refractivity contribution in [3.8, 4) is 6.07 Å². The van der Waals surface area contributed by atoms with Gasteiger partial charge in [0.15, 0.2) is 6.10 Å². The Bertz CT molecular complexity index is 406. The minimum Gasteiger partial charge on any atom is -0.452 e. The third-order valence-corrected chi connectivity index (χ3v) is 1.73. The lowest BCUT2D eigenvalue weighted by atomic mass is 10.1. The van der Waals surface area contributed by atoms with Crippen molar-refractivity contribution in [3.63, 3.8) is 0 Å². The first-order valence-electron chi connectivity index (χ1n) is 4.31. The molecule has 0 amide bonds. The topological polar surface area (TPSA) is 63.0 Å². The molecule has 0 aromatic carbocycles. The van der Waals surface area contributed by atoms with E-state index in [0.29, 0.717) is 5.56 Å². The first-order chi connectivity index (χ1) is 7.15. The number of pyridine rings is 1. The monoisotopic (exact) mass is 202 g/mol. The van der Waals surface area contributed by atoms with E-state index < -0.39 is 12.1 Å². The van der Waals surface area contributed by atoms with Gasteiger partial charge in [-0.2, -0.15) is 5.26 Å². The average molecular weight is 202 g/mol. The highest BCUT2D eigenvalue weighted by atomic mass is 16.5. The maximum absolute atomic E-state index is 10.9. The van der Waals surface area contributed by atoms with E-state index in [9.17, 15) is 4.79 Å². The van der Waals surface area contributed by atoms with Crippen LogP contribution in [-0.2, 0) is 9.53 Å². The molecule has 4 heteroatoms. The first-order valence-corrected chi connectivity index (χ1v) is 4.31. The number of nitrogens with zero attached hydrogens (tertiary/aromatic N) is 2. The number of carbonyl (C=O) groups excluding carboxylic acids is 1. The number of esters is 1. The highest BCUT2D eigenvalue weighted by Gasteiger charge is 2.18. The van der Waals surface area contributed by atoms with Crippen molar-refractivity contribution in [1.82, 2.24) is 4.98 Å². The third kappa shape index (κ3) is 2.92. The molecule has 0 saturated heterocycles. The van der Waals surface area contributed by atoms with E-state index >= 15 is 0 Å². The number of aromatic nitrogens is 1. The van der Waals surface area contributed by atoms with Gasteiger partial charge in [0.1, 0.15) is 0 Å². The Morgan fingerprint density at radius 1 is 1.73 bits per heavy atom. The van der Waals surface area contributed by atoms with Gasteiger partial charge in [-0.15, -0.1) is 0 Å². The van der Waals surface area contributed by atoms with Gasteiger partial charge in [0.25, 0.3) is 0 Å². The summed E-state index contributed by atoms with van der Waals surface area (Å²) in [5.74, 6) is -0.458. The zero-order chi connectivity index (χ0) is 11.3. The molecule has 0 aliphatic carbocycles. The smallest absolute Gasteiger partial charge is 0.303 e. The van der Waals surface area contributed by atoms with Crippen LogP contribution in [0.1, 0.15) is 18.6 Å². The second-order valence-electron chi connectivity index (χ2n) is 2.91. The molecule has 1 aromatic heterocycles. The normalized spacial score (nSPS) is 11.2. The fourth-order valence-electron chi connectivity index (χ4n) is 1.10. The standard InChI is InChI=1S/C11H10N2O2/c1-8(6-12)11(15-9(2)14)10-4-3-5-13-7-10/h3-5,7,11H,1H2,2H3. The molecular weight excluding hydrogens is 192 g/mol. The van der Waals surface area contributed by atoms with Gasteiger partial charge in [0.2, 0.25) is 0 Å². The van der Waals surface area contributed by atoms with E-state index in [2.05, 4.69) is 11.6 Å². The number of rotatable bonds is 3. The molecule has 0 aliphatic heterocycles. The van der Waals surface area contributed by atoms with E-state index in [4.69, 9.17) is 10.00 Å². The molecule has 0 aliphatic rings. The molecule has 0 radical (unpaired) electrons. The second kappa shape index (κ2) is 4.91. The summed E-state index contributed by atoms with van der Waals surface area (Å²) in [5, 5.41) is 8.72. The Hall–Kier alpha value is -2.15. The molecule has 0 bridgehead atoms. The SMILES string of the molecule is C=C(C#N)C(OC(C)=O)c1cccnc1. The van der Waals surface area contributed by atoms with Crippen molar-refractivity contribution in [3.05, 3.63) is 42.2 Å². The lowest BCUT2D eigenvalue weighted by Crippen LogP contribution is -2.10. The van der Waals surface area contributed by atoms with E-state index in [1.807, 2.05) is 6.07 Å². The van der Waals surface area contributed by atoms with Crippen LogP contribution in [0.2, 0.25) is 0 Å². The van der Waals surface area contributed by atoms with E-state index in [1.54, 1.807) is 18.3 Å². The number of ether oxygens (including phenoxy) is 1. The fraction of sp³-hybridized carbons (Fsp3) is 0.182. The van der Waals surface area contributed by atoms with Crippen molar-refractivity contribution < 1.29 is 9.53 Å². The minimum absolute atomic E-state index is 0.179. The van der Waals surface area contributed by atoms with Crippen molar-refractivity contribution in [2.75, 3.05) is 0 Å². The molecule has 0 N–H and O–H groups in total. The molecular formula is C11H10N2O2. The van der Waals surface area contributed by atoms with Gasteiger partial charge in [-0.25, -0.2) is 0 Å². The number of nitriles is 1. The van der Waals surface area contributed by atoms with Crippen LogP contribution in [0.25, 0.3) is 0 Å². The highest BCUT2D eigenvalue weighted by Crippen LogP contribution is 2.23. The van der Waals surface area contributed by atoms with Gasteiger partial charge >= 0.3 is 5.97 Å². The predicted molar refractivity (Wildman–Crippen MR) is 53.5 cm³/mol. The molecule has 0 fully saturated rings. The largest absolute Gasteiger partial charge is 0.452 e. The number of hydrogen-bond donors (Lipinski definition) is 0. The maximum atomic E-state index is 10.9. The molecule has 1 heterocycles. The fourth-order valence-corrected chi connectivity index (χ4v) is 1.10. The van der Waals surface area contributed by atoms with Gasteiger partial charge in [0, 0.05) is 24.9 Å². The summed E-state index contributed by atoms with van der Waals surface area (Å²) in [6.07, 6.45) is 2.40. The molecule has 15 heavy (non-hydrogen) atoms. The van der Waals surface area contributed by atoms with Crippen LogP contribution in [0, 0.1) is 11.3 Å². The van der Waals surface area contributed by atoms with Crippen LogP contribution in [0.15, 0.2) is 36.7 Å². The molecule has 1 atom stereocenters. The Morgan fingerprint density at radius 2 is 2.47 bits per heavy atom. The maximum Gasteiger partial charge on any atom is 0.303 e. The predicted octanol–water partition coefficient (Wildman–Crippen LogP) is 1.77. The summed E-state index contributed by atoms with van der Waals surface area (Å²) < 4.78 is 4.99. The van der Waals surface area contributed by atoms with Crippen LogP contribution in [0.3, 0.4) is 0 Å². The third-order valence-electron chi connectivity index (χ3n) is 1.73. The quantitative estimate of drug-likeness (QED) is 0.553. The average Bonchev–Trinajstić information content (AvgIpc) is 2.26. The van der Waals surface area contributed by atoms with E-state index in [-0.39, 0.29) is 5.57 Å². The van der Waals surface area contributed by atoms with Crippen molar-refractivity contribution in [1.29, 1.82) is 5.26 Å². The first kappa shape index (κ1) is 10.9. The summed E-state index contributed by atoms with van der Waals surface area (Å²) in [6, 6.07) is 5.30. The lowest BCUT2D eigenvalue weighted by Gasteiger charge is -2.14. The van der Waals surface area contributed by atoms with Crippen molar-refractivity contribution in [2.24, 2.45) is 0 Å². The van der Waals surface area contributed by atoms with Gasteiger partial charge in [0.05, 0.1) is 11.6 Å². The Labute approximate surface area is 87.8 Å². The van der Waals surface area contributed by atoms with Gasteiger partial charge < -0.3 is 4.74 Å². The zero-order valence-electron chi connectivity index (χ0n) is 8.30. The summed E-state index contributed by atoms with van der Waals surface area (Å²) >= 11 is 0. The van der Waals surface area contributed by atoms with Crippen LogP contribution in [0.5, 0.6) is 0 Å². The van der Waals surface area contributed by atoms with Crippen LogP contribution in [-0.4, -0.2) is 11.0 Å². The second-order valence-corrected chi connectivity index (χ2v) is 2.91. The van der Waals surface area contributed by atoms with Gasteiger partial charge in [-0.05, 0) is 6.07 Å². The molecule has 1 aromatic rings. The van der Waals surface area contributed by atoms with Gasteiger partial charge in [-0.1, -0.05) is 12.6 Å². The van der Waals surface area contributed by atoms with Gasteiger partial charge in [-0.3, -0.25) is 9.78 Å². The highest BCUT2D eigenvalue weighted by molar-refractivity contribution is 5.67. The Morgan fingerprint density at radius 3 is 2.93 bits per heavy atom. The summed E-state index contributed by atoms with van der Waals surface area (Å²) in [6.45, 7) is 4.82. The Kier molecular flexibility index (Phi) is 3.58. The van der Waals surface area contributed by atoms with E-state index in [1.165, 1.54) is 13.1 Å². The van der Waals surface area contributed by atoms with Crippen LogP contribution in [0.4, 0.5) is 0 Å². The van der Waals surface area contributed by atoms with Crippen LogP contribution < -0.4 is 0 Å². The molecule has 0 saturated carbocycles. The number of carbonyl (C=O) groups is 1. The molecule has 76 valence electrons. The summed E-state index contributed by atoms with van der Waals surface area (Å²) in [4.78, 5) is 14.7. The van der Waals surface area contributed by atoms with E-state index in [0.717, 1.165) is 0 Å². The number of hydrogen-bond acceptors (Lipinski definition) is 4. The minimum atomic E-state index is -0.735. The Balaban J connectivity index is 2.97. The lowest BCUT2D eigenvalue weighted by molar-refractivity contribution is -0.144. The molecule has 1 unspecified atom stereocenters. The van der Waals surface area contributed by atoms with Crippen LogP contribution >= 0.6 is 0 Å². The molecule has 4 nitrogen and oxygen atoms in total. The summed E-state index contributed by atoms with van der Waals surface area (Å²) in [7, 11) is 0. The molecule has 0 spiro atoms. The van der Waals surface area contributed by atoms with Crippen molar-refractivity contribution >= 4 is 5.97 Å². The van der Waals surface area contributed by atoms with Crippen molar-refractivity contribution in [2.45, 2.75) is 13.0 Å². The zero-order valence-corrected chi connectivity index (χ0v) is 8.30. The summed E-state index contributed by atoms with van der Waals surface area (Å²) in [5.41, 5.74) is 0.817.